The first-order chi connectivity index (χ1) is 20.4. The summed E-state index contributed by atoms with van der Waals surface area (Å²) in [6.45, 7) is 0. The molecular formula is C38H23N3. The van der Waals surface area contributed by atoms with Crippen molar-refractivity contribution in [2.75, 3.05) is 0 Å². The summed E-state index contributed by atoms with van der Waals surface area (Å²) in [6.07, 6.45) is 3.57. The molecule has 2 heterocycles. The van der Waals surface area contributed by atoms with Gasteiger partial charge in [-0.25, -0.2) is 0 Å². The summed E-state index contributed by atoms with van der Waals surface area (Å²) < 4.78 is 2.44. The lowest BCUT2D eigenvalue weighted by Crippen LogP contribution is -2.03. The molecule has 0 radical (unpaired) electrons. The number of rotatable bonds is 1. The van der Waals surface area contributed by atoms with Crippen LogP contribution in [0.3, 0.4) is 0 Å². The Hall–Kier alpha value is -5.54. The second kappa shape index (κ2) is 8.48. The highest BCUT2D eigenvalue weighted by molar-refractivity contribution is 6.13. The smallest absolute Gasteiger partial charge is 0.0971 e. The van der Waals surface area contributed by atoms with Crippen molar-refractivity contribution in [2.45, 2.75) is 0 Å². The number of hydrogen-bond donors (Lipinski definition) is 0. The first kappa shape index (κ1) is 22.3. The standard InChI is InChI=1S/C38H23N3/c1-2-11-25-24(10-1)28-16-9-19-35(41-33-17-7-5-12-26(33)27-13-6-8-18-34(27)41)36(28)29-14-3-4-15-30(29)37-31(25)20-21-32-38(37)40-23-22-39-32/h1-23H. The van der Waals surface area contributed by atoms with E-state index in [0.717, 1.165) is 27.8 Å². The summed E-state index contributed by atoms with van der Waals surface area (Å²) >= 11 is 0. The van der Waals surface area contributed by atoms with E-state index in [1.165, 1.54) is 55.2 Å². The van der Waals surface area contributed by atoms with Crippen molar-refractivity contribution < 1.29 is 0 Å². The minimum atomic E-state index is 0.898. The molecule has 0 aliphatic heterocycles. The highest BCUT2D eigenvalue weighted by Crippen LogP contribution is 2.51. The topological polar surface area (TPSA) is 30.7 Å². The molecule has 0 saturated heterocycles. The van der Waals surface area contributed by atoms with Gasteiger partial charge in [-0.1, -0.05) is 103 Å². The van der Waals surface area contributed by atoms with E-state index in [1.54, 1.807) is 12.4 Å². The lowest BCUT2D eigenvalue weighted by Gasteiger charge is -2.26. The largest absolute Gasteiger partial charge is 0.309 e. The average Bonchev–Trinajstić information content (AvgIpc) is 3.37. The lowest BCUT2D eigenvalue weighted by molar-refractivity contribution is 1.18. The Morgan fingerprint density at radius 3 is 1.63 bits per heavy atom. The van der Waals surface area contributed by atoms with Gasteiger partial charge in [-0.3, -0.25) is 9.97 Å². The van der Waals surface area contributed by atoms with Crippen LogP contribution >= 0.6 is 0 Å². The van der Waals surface area contributed by atoms with Crippen LogP contribution in [0.5, 0.6) is 0 Å². The van der Waals surface area contributed by atoms with Crippen LogP contribution in [0.25, 0.3) is 83.0 Å². The van der Waals surface area contributed by atoms with E-state index in [4.69, 9.17) is 4.98 Å². The van der Waals surface area contributed by atoms with Crippen LogP contribution in [0.2, 0.25) is 0 Å². The lowest BCUT2D eigenvalue weighted by atomic mass is 9.80. The van der Waals surface area contributed by atoms with Gasteiger partial charge in [0.05, 0.1) is 27.8 Å². The van der Waals surface area contributed by atoms with E-state index < -0.39 is 0 Å². The van der Waals surface area contributed by atoms with Crippen LogP contribution in [0.15, 0.2) is 140 Å². The summed E-state index contributed by atoms with van der Waals surface area (Å²) in [6, 6.07) is 46.0. The molecular weight excluding hydrogens is 498 g/mol. The summed E-state index contributed by atoms with van der Waals surface area (Å²) in [7, 11) is 0. The Morgan fingerprint density at radius 2 is 0.927 bits per heavy atom. The zero-order valence-corrected chi connectivity index (χ0v) is 22.1. The summed E-state index contributed by atoms with van der Waals surface area (Å²) in [4.78, 5) is 9.56. The monoisotopic (exact) mass is 521 g/mol. The predicted octanol–water partition coefficient (Wildman–Crippen LogP) is 9.71. The quantitative estimate of drug-likeness (QED) is 0.215. The van der Waals surface area contributed by atoms with Crippen LogP contribution in [0, 0.1) is 0 Å². The number of nitrogens with zero attached hydrogens (tertiary/aromatic N) is 3. The van der Waals surface area contributed by atoms with Crippen molar-refractivity contribution in [3.63, 3.8) is 0 Å². The van der Waals surface area contributed by atoms with E-state index >= 15 is 0 Å². The number of aromatic nitrogens is 3. The van der Waals surface area contributed by atoms with Crippen LogP contribution in [0.1, 0.15) is 0 Å². The molecule has 0 fully saturated rings. The number of benzene rings is 6. The molecule has 2 aromatic heterocycles. The van der Waals surface area contributed by atoms with Gasteiger partial charge < -0.3 is 4.57 Å². The fraction of sp³-hybridized carbons (Fsp3) is 0. The first-order valence-corrected chi connectivity index (χ1v) is 13.9. The van der Waals surface area contributed by atoms with E-state index in [-0.39, 0.29) is 0 Å². The summed E-state index contributed by atoms with van der Waals surface area (Å²) in [5.41, 5.74) is 14.9. The molecule has 6 aromatic carbocycles. The Labute approximate surface area is 237 Å². The van der Waals surface area contributed by atoms with E-state index in [1.807, 2.05) is 0 Å². The van der Waals surface area contributed by atoms with Crippen LogP contribution in [-0.2, 0) is 0 Å². The second-order valence-corrected chi connectivity index (χ2v) is 10.6. The van der Waals surface area contributed by atoms with Crippen molar-refractivity contribution >= 4 is 32.8 Å². The van der Waals surface area contributed by atoms with Crippen LogP contribution in [0.4, 0.5) is 0 Å². The fourth-order valence-electron chi connectivity index (χ4n) is 6.82. The van der Waals surface area contributed by atoms with Crippen molar-refractivity contribution in [3.05, 3.63) is 140 Å². The maximum atomic E-state index is 4.88. The molecule has 0 atom stereocenters. The molecule has 3 heteroatoms. The van der Waals surface area contributed by atoms with Gasteiger partial charge in [0.2, 0.25) is 0 Å². The molecule has 1 aliphatic carbocycles. The summed E-state index contributed by atoms with van der Waals surface area (Å²) in [5, 5.41) is 2.51. The van der Waals surface area contributed by atoms with Gasteiger partial charge in [-0.15, -0.1) is 0 Å². The average molecular weight is 522 g/mol. The molecule has 0 saturated carbocycles. The molecule has 41 heavy (non-hydrogen) atoms. The van der Waals surface area contributed by atoms with E-state index in [2.05, 4.69) is 137 Å². The highest BCUT2D eigenvalue weighted by Gasteiger charge is 2.26. The minimum absolute atomic E-state index is 0.898. The Balaban J connectivity index is 1.50. The van der Waals surface area contributed by atoms with Crippen LogP contribution < -0.4 is 0 Å². The first-order valence-electron chi connectivity index (χ1n) is 13.9. The van der Waals surface area contributed by atoms with Gasteiger partial charge in [0.1, 0.15) is 0 Å². The van der Waals surface area contributed by atoms with Gasteiger partial charge in [0.25, 0.3) is 0 Å². The van der Waals surface area contributed by atoms with Crippen molar-refractivity contribution in [2.24, 2.45) is 0 Å². The van der Waals surface area contributed by atoms with Gasteiger partial charge >= 0.3 is 0 Å². The van der Waals surface area contributed by atoms with Gasteiger partial charge in [0.15, 0.2) is 0 Å². The van der Waals surface area contributed by atoms with Crippen LogP contribution in [-0.4, -0.2) is 14.5 Å². The predicted molar refractivity (Wildman–Crippen MR) is 169 cm³/mol. The maximum absolute atomic E-state index is 4.88. The zero-order chi connectivity index (χ0) is 26.9. The molecule has 0 spiro atoms. The van der Waals surface area contributed by atoms with Crippen molar-refractivity contribution in [1.29, 1.82) is 0 Å². The number of hydrogen-bond acceptors (Lipinski definition) is 2. The van der Waals surface area contributed by atoms with Crippen molar-refractivity contribution in [3.8, 4) is 50.2 Å². The third-order valence-corrected chi connectivity index (χ3v) is 8.48. The Bertz CT molecular complexity index is 2270. The molecule has 8 aromatic rings. The van der Waals surface area contributed by atoms with E-state index in [0.29, 0.717) is 0 Å². The van der Waals surface area contributed by atoms with Crippen molar-refractivity contribution in [1.82, 2.24) is 14.5 Å². The Morgan fingerprint density at radius 1 is 0.390 bits per heavy atom. The zero-order valence-electron chi connectivity index (χ0n) is 22.1. The molecule has 0 bridgehead atoms. The number of fused-ring (bicyclic) bond motifs is 13. The SMILES string of the molecule is c1ccc2c(c1)-c1cccc(-n3c4ccccc4c4ccccc43)c1-c1ccccc1-c1c-2ccc2nccnc12. The van der Waals surface area contributed by atoms with Gasteiger partial charge in [0, 0.05) is 34.3 Å². The van der Waals surface area contributed by atoms with Gasteiger partial charge in [-0.05, 0) is 57.6 Å². The molecule has 9 rings (SSSR count). The van der Waals surface area contributed by atoms with Gasteiger partial charge in [-0.2, -0.15) is 0 Å². The third kappa shape index (κ3) is 3.09. The molecule has 3 nitrogen and oxygen atoms in total. The van der Waals surface area contributed by atoms with E-state index in [9.17, 15) is 0 Å². The molecule has 190 valence electrons. The fourth-order valence-corrected chi connectivity index (χ4v) is 6.82. The third-order valence-electron chi connectivity index (χ3n) is 8.48. The molecule has 0 amide bonds. The minimum Gasteiger partial charge on any atom is -0.309 e. The molecule has 0 N–H and O–H groups in total. The molecule has 0 unspecified atom stereocenters. The number of para-hydroxylation sites is 2. The normalized spacial score (nSPS) is 11.9. The maximum Gasteiger partial charge on any atom is 0.0971 e. The summed E-state index contributed by atoms with van der Waals surface area (Å²) in [5.74, 6) is 0. The molecule has 1 aliphatic rings. The Kier molecular flexibility index (Phi) is 4.61. The second-order valence-electron chi connectivity index (χ2n) is 10.6. The highest BCUT2D eigenvalue weighted by atomic mass is 15.0.